The normalized spacial score (nSPS) is 10.4. The van der Waals surface area contributed by atoms with Crippen LogP contribution in [0.3, 0.4) is 0 Å². The summed E-state index contributed by atoms with van der Waals surface area (Å²) in [5.74, 6) is -0.362. The maximum atomic E-state index is 12.9. The molecule has 0 radical (unpaired) electrons. The van der Waals surface area contributed by atoms with E-state index in [2.05, 4.69) is 26.0 Å². The highest BCUT2D eigenvalue weighted by atomic mass is 35.5. The van der Waals surface area contributed by atoms with E-state index in [4.69, 9.17) is 11.6 Å². The SMILES string of the molecule is O=C(NCc1ccc(Cl)cc1-c1cn[nH]n1)Nc1ccc(F)cc1. The minimum Gasteiger partial charge on any atom is -0.334 e. The van der Waals surface area contributed by atoms with E-state index in [1.165, 1.54) is 24.3 Å². The van der Waals surface area contributed by atoms with E-state index in [0.29, 0.717) is 16.4 Å². The summed E-state index contributed by atoms with van der Waals surface area (Å²) in [5, 5.41) is 16.3. The Hall–Kier alpha value is -2.93. The minimum atomic E-state index is -0.400. The van der Waals surface area contributed by atoms with Crippen LogP contribution in [0.25, 0.3) is 11.3 Å². The van der Waals surface area contributed by atoms with Crippen LogP contribution < -0.4 is 10.6 Å². The fourth-order valence-electron chi connectivity index (χ4n) is 2.16. The Morgan fingerprint density at radius 2 is 2.00 bits per heavy atom. The number of nitrogens with one attached hydrogen (secondary N) is 3. The van der Waals surface area contributed by atoms with E-state index < -0.39 is 6.03 Å². The minimum absolute atomic E-state index is 0.270. The van der Waals surface area contributed by atoms with E-state index >= 15 is 0 Å². The number of hydrogen-bond acceptors (Lipinski definition) is 3. The highest BCUT2D eigenvalue weighted by Crippen LogP contribution is 2.25. The molecule has 122 valence electrons. The maximum absolute atomic E-state index is 12.9. The lowest BCUT2D eigenvalue weighted by Crippen LogP contribution is -2.28. The summed E-state index contributed by atoms with van der Waals surface area (Å²) in [4.78, 5) is 12.0. The molecule has 3 rings (SSSR count). The second kappa shape index (κ2) is 7.10. The zero-order chi connectivity index (χ0) is 16.9. The average Bonchev–Trinajstić information content (AvgIpc) is 3.10. The van der Waals surface area contributed by atoms with E-state index in [1.54, 1.807) is 18.3 Å². The van der Waals surface area contributed by atoms with E-state index in [1.807, 2.05) is 6.07 Å². The quantitative estimate of drug-likeness (QED) is 0.675. The van der Waals surface area contributed by atoms with Crippen LogP contribution in [-0.4, -0.2) is 21.4 Å². The van der Waals surface area contributed by atoms with Gasteiger partial charge in [0.25, 0.3) is 0 Å². The third-order valence-electron chi connectivity index (χ3n) is 3.30. The fraction of sp³-hybridized carbons (Fsp3) is 0.0625. The van der Waals surface area contributed by atoms with Gasteiger partial charge in [-0.15, -0.1) is 0 Å². The summed E-state index contributed by atoms with van der Waals surface area (Å²) in [6.07, 6.45) is 1.58. The molecule has 1 aromatic heterocycles. The molecule has 0 saturated heterocycles. The Balaban J connectivity index is 1.68. The molecule has 0 aliphatic carbocycles. The van der Waals surface area contributed by atoms with Crippen LogP contribution in [0.15, 0.2) is 48.7 Å². The van der Waals surface area contributed by atoms with Crippen molar-refractivity contribution >= 4 is 23.3 Å². The van der Waals surface area contributed by atoms with Crippen molar-refractivity contribution in [1.29, 1.82) is 0 Å². The molecule has 8 heteroatoms. The van der Waals surface area contributed by atoms with Crippen molar-refractivity contribution in [3.8, 4) is 11.3 Å². The highest BCUT2D eigenvalue weighted by Gasteiger charge is 2.10. The molecule has 0 atom stereocenters. The molecule has 6 nitrogen and oxygen atoms in total. The average molecular weight is 346 g/mol. The topological polar surface area (TPSA) is 82.7 Å². The number of rotatable bonds is 4. The van der Waals surface area contributed by atoms with Crippen molar-refractivity contribution < 1.29 is 9.18 Å². The Bertz CT molecular complexity index is 836. The molecule has 24 heavy (non-hydrogen) atoms. The zero-order valence-corrected chi connectivity index (χ0v) is 13.1. The third kappa shape index (κ3) is 3.88. The molecule has 0 aliphatic rings. The molecule has 2 aromatic carbocycles. The van der Waals surface area contributed by atoms with Crippen LogP contribution in [0.2, 0.25) is 5.02 Å². The van der Waals surface area contributed by atoms with Gasteiger partial charge in [0.1, 0.15) is 11.5 Å². The number of urea groups is 1. The van der Waals surface area contributed by atoms with Gasteiger partial charge in [0.05, 0.1) is 6.20 Å². The van der Waals surface area contributed by atoms with E-state index in [-0.39, 0.29) is 12.4 Å². The van der Waals surface area contributed by atoms with Crippen LogP contribution in [0.1, 0.15) is 5.56 Å². The summed E-state index contributed by atoms with van der Waals surface area (Å²) >= 11 is 6.03. The summed E-state index contributed by atoms with van der Waals surface area (Å²) in [7, 11) is 0. The van der Waals surface area contributed by atoms with Gasteiger partial charge in [-0.1, -0.05) is 17.7 Å². The lowest BCUT2D eigenvalue weighted by atomic mass is 10.1. The summed E-state index contributed by atoms with van der Waals surface area (Å²) < 4.78 is 12.9. The first kappa shape index (κ1) is 15.9. The van der Waals surface area contributed by atoms with Gasteiger partial charge >= 0.3 is 6.03 Å². The van der Waals surface area contributed by atoms with Gasteiger partial charge in [-0.25, -0.2) is 9.18 Å². The molecule has 0 aliphatic heterocycles. The van der Waals surface area contributed by atoms with Crippen molar-refractivity contribution in [1.82, 2.24) is 20.7 Å². The van der Waals surface area contributed by atoms with Gasteiger partial charge in [-0.2, -0.15) is 15.4 Å². The molecular formula is C16H13ClFN5O. The number of aromatic amines is 1. The number of halogens is 2. The predicted octanol–water partition coefficient (Wildman–Crippen LogP) is 3.59. The molecule has 0 unspecified atom stereocenters. The fourth-order valence-corrected chi connectivity index (χ4v) is 2.33. The maximum Gasteiger partial charge on any atom is 0.319 e. The first-order chi connectivity index (χ1) is 11.6. The smallest absolute Gasteiger partial charge is 0.319 e. The Morgan fingerprint density at radius 1 is 1.21 bits per heavy atom. The van der Waals surface area contributed by atoms with Crippen LogP contribution in [-0.2, 0) is 6.54 Å². The lowest BCUT2D eigenvalue weighted by Gasteiger charge is -2.11. The molecule has 1 heterocycles. The van der Waals surface area contributed by atoms with E-state index in [0.717, 1.165) is 11.1 Å². The second-order valence-corrected chi connectivity index (χ2v) is 5.41. The van der Waals surface area contributed by atoms with Crippen molar-refractivity contribution in [3.63, 3.8) is 0 Å². The van der Waals surface area contributed by atoms with Crippen LogP contribution in [0.5, 0.6) is 0 Å². The largest absolute Gasteiger partial charge is 0.334 e. The number of anilines is 1. The Morgan fingerprint density at radius 3 is 2.71 bits per heavy atom. The number of benzene rings is 2. The standard InChI is InChI=1S/C16H13ClFN5O/c17-11-2-1-10(14(7-11)15-9-20-23-22-15)8-19-16(24)21-13-5-3-12(18)4-6-13/h1-7,9H,8H2,(H2,19,21,24)(H,20,22,23). The highest BCUT2D eigenvalue weighted by molar-refractivity contribution is 6.30. The van der Waals surface area contributed by atoms with Gasteiger partial charge in [0, 0.05) is 22.8 Å². The molecule has 0 fully saturated rings. The number of nitrogens with zero attached hydrogens (tertiary/aromatic N) is 2. The van der Waals surface area contributed by atoms with Crippen molar-refractivity contribution in [3.05, 3.63) is 65.1 Å². The number of aromatic nitrogens is 3. The zero-order valence-electron chi connectivity index (χ0n) is 12.4. The number of hydrogen-bond donors (Lipinski definition) is 3. The molecule has 0 bridgehead atoms. The van der Waals surface area contributed by atoms with Gasteiger partial charge in [-0.05, 0) is 42.0 Å². The molecule has 0 saturated carbocycles. The van der Waals surface area contributed by atoms with Crippen molar-refractivity contribution in [2.75, 3.05) is 5.32 Å². The first-order valence-corrected chi connectivity index (χ1v) is 7.44. The van der Waals surface area contributed by atoms with Gasteiger partial charge < -0.3 is 10.6 Å². The molecular weight excluding hydrogens is 333 g/mol. The summed E-state index contributed by atoms with van der Waals surface area (Å²) in [6.45, 7) is 0.270. The van der Waals surface area contributed by atoms with E-state index in [9.17, 15) is 9.18 Å². The first-order valence-electron chi connectivity index (χ1n) is 7.07. The Kier molecular flexibility index (Phi) is 4.72. The van der Waals surface area contributed by atoms with Crippen LogP contribution >= 0.6 is 11.6 Å². The monoisotopic (exact) mass is 345 g/mol. The summed E-state index contributed by atoms with van der Waals surface area (Å²) in [5.41, 5.74) is 2.75. The summed E-state index contributed by atoms with van der Waals surface area (Å²) in [6, 6.07) is 10.4. The molecule has 3 N–H and O–H groups in total. The van der Waals surface area contributed by atoms with Crippen LogP contribution in [0.4, 0.5) is 14.9 Å². The number of carbonyl (C=O) groups is 1. The van der Waals surface area contributed by atoms with Crippen molar-refractivity contribution in [2.45, 2.75) is 6.54 Å². The van der Waals surface area contributed by atoms with Gasteiger partial charge in [0.15, 0.2) is 0 Å². The lowest BCUT2D eigenvalue weighted by molar-refractivity contribution is 0.252. The predicted molar refractivity (Wildman–Crippen MR) is 89.1 cm³/mol. The number of carbonyl (C=O) groups excluding carboxylic acids is 1. The number of amides is 2. The Labute approximate surface area is 142 Å². The van der Waals surface area contributed by atoms with Gasteiger partial charge in [0.2, 0.25) is 0 Å². The molecule has 2 amide bonds. The van der Waals surface area contributed by atoms with Crippen molar-refractivity contribution in [2.24, 2.45) is 0 Å². The molecule has 3 aromatic rings. The second-order valence-electron chi connectivity index (χ2n) is 4.97. The van der Waals surface area contributed by atoms with Gasteiger partial charge in [-0.3, -0.25) is 0 Å². The third-order valence-corrected chi connectivity index (χ3v) is 3.54. The van der Waals surface area contributed by atoms with Crippen LogP contribution in [0, 0.1) is 5.82 Å². The molecule has 0 spiro atoms. The number of H-pyrrole nitrogens is 1.